The Hall–Kier alpha value is -1.93. The molecule has 0 radical (unpaired) electrons. The van der Waals surface area contributed by atoms with E-state index in [0.717, 1.165) is 25.7 Å². The molecule has 7 rings (SSSR count). The van der Waals surface area contributed by atoms with Crippen LogP contribution in [0.2, 0.25) is 0 Å². The maximum absolute atomic E-state index is 13.6. The van der Waals surface area contributed by atoms with Crippen molar-refractivity contribution >= 4 is 17.9 Å². The van der Waals surface area contributed by atoms with E-state index in [-0.39, 0.29) is 46.0 Å². The van der Waals surface area contributed by atoms with Crippen molar-refractivity contribution in [3.63, 3.8) is 0 Å². The average molecular weight is 587 g/mol. The van der Waals surface area contributed by atoms with Gasteiger partial charge in [-0.1, -0.05) is 34.6 Å². The quantitative estimate of drug-likeness (QED) is 0.191. The van der Waals surface area contributed by atoms with E-state index in [1.807, 2.05) is 6.08 Å². The first-order valence-corrected chi connectivity index (χ1v) is 16.0. The van der Waals surface area contributed by atoms with Crippen LogP contribution in [0.25, 0.3) is 0 Å². The summed E-state index contributed by atoms with van der Waals surface area (Å²) in [5.74, 6) is -1.16. The molecule has 9 atom stereocenters. The summed E-state index contributed by atoms with van der Waals surface area (Å²) < 4.78 is 24.9. The van der Waals surface area contributed by atoms with Gasteiger partial charge >= 0.3 is 17.9 Å². The molecule has 42 heavy (non-hydrogen) atoms. The predicted molar refractivity (Wildman–Crippen MR) is 154 cm³/mol. The maximum atomic E-state index is 13.6. The van der Waals surface area contributed by atoms with Crippen LogP contribution in [0.3, 0.4) is 0 Å². The first-order valence-electron chi connectivity index (χ1n) is 16.0. The third-order valence-electron chi connectivity index (χ3n) is 13.3. The Morgan fingerprint density at radius 3 is 2.14 bits per heavy atom. The second-order valence-corrected chi connectivity index (χ2v) is 16.6. The van der Waals surface area contributed by atoms with Gasteiger partial charge in [0.15, 0.2) is 5.60 Å². The molecule has 234 valence electrons. The van der Waals surface area contributed by atoms with Gasteiger partial charge in [-0.25, -0.2) is 0 Å². The molecule has 8 heteroatoms. The van der Waals surface area contributed by atoms with Crippen LogP contribution < -0.4 is 0 Å². The van der Waals surface area contributed by atoms with Gasteiger partial charge in [0.25, 0.3) is 0 Å². The molecular weight excluding hydrogens is 536 g/mol. The lowest BCUT2D eigenvalue weighted by molar-refractivity contribution is -0.295. The van der Waals surface area contributed by atoms with E-state index in [9.17, 15) is 19.5 Å². The van der Waals surface area contributed by atoms with Crippen molar-refractivity contribution in [3.8, 4) is 0 Å². The Labute approximate surface area is 250 Å². The van der Waals surface area contributed by atoms with E-state index in [2.05, 4.69) is 41.5 Å². The summed E-state index contributed by atoms with van der Waals surface area (Å²) in [5, 5.41) is 13.1. The molecule has 0 aromatic carbocycles. The predicted octanol–water partition coefficient (Wildman–Crippen LogP) is 5.78. The topological polar surface area (TPSA) is 112 Å². The van der Waals surface area contributed by atoms with Crippen LogP contribution in [0.4, 0.5) is 0 Å². The zero-order valence-electron chi connectivity index (χ0n) is 27.0. The standard InChI is InChI=1S/C34H50O8/c1-20(35)39-24-11-12-29(7)22(28(24,5)6)10-13-30(8)33(29,42-30)19-25(40-21(2)36)34(38)23-18-27(3,4)14-16-32(23)17-15-31(34,9)41-26(32)37/h19,22-24,38H,10-18H2,1-9H3/b25-19+/t22-,23+,24-,29-,30+,31-,32-,33-,34-/m0/s1. The lowest BCUT2D eigenvalue weighted by Crippen LogP contribution is -2.75. The number of hydrogen-bond donors (Lipinski definition) is 1. The summed E-state index contributed by atoms with van der Waals surface area (Å²) in [4.78, 5) is 38.3. The zero-order chi connectivity index (χ0) is 30.9. The number of ether oxygens (including phenoxy) is 4. The second kappa shape index (κ2) is 8.62. The van der Waals surface area contributed by atoms with Gasteiger partial charge < -0.3 is 24.1 Å². The molecule has 4 saturated carbocycles. The summed E-state index contributed by atoms with van der Waals surface area (Å²) in [5.41, 5.74) is -5.84. The number of aliphatic hydroxyl groups is 1. The second-order valence-electron chi connectivity index (χ2n) is 16.6. The van der Waals surface area contributed by atoms with Crippen molar-refractivity contribution < 1.29 is 38.4 Å². The number of carbonyl (C=O) groups is 3. The summed E-state index contributed by atoms with van der Waals surface area (Å²) >= 11 is 0. The summed E-state index contributed by atoms with van der Waals surface area (Å²) in [6.45, 7) is 17.7. The zero-order valence-corrected chi connectivity index (χ0v) is 27.0. The van der Waals surface area contributed by atoms with Crippen molar-refractivity contribution in [1.82, 2.24) is 0 Å². The fraction of sp³-hybridized carbons (Fsp3) is 0.853. The monoisotopic (exact) mass is 586 g/mol. The first kappa shape index (κ1) is 30.1. The minimum Gasteiger partial charge on any atom is -0.462 e. The highest BCUT2D eigenvalue weighted by Gasteiger charge is 2.81. The summed E-state index contributed by atoms with van der Waals surface area (Å²) in [6, 6.07) is 0. The van der Waals surface area contributed by atoms with Crippen molar-refractivity contribution in [1.29, 1.82) is 0 Å². The van der Waals surface area contributed by atoms with Gasteiger partial charge in [0.1, 0.15) is 23.1 Å². The SMILES string of the molecule is CC(=O)O/C(=C/[C@@]12O[C@]1(C)CC[C@H]1C(C)(C)[C@@H](OC(C)=O)CC[C@@]12C)[C@@]1(O)[C@@H]2CC(C)(C)CC[C@]23CC[C@]1(C)OC3=O. The molecule has 8 nitrogen and oxygen atoms in total. The van der Waals surface area contributed by atoms with Gasteiger partial charge in [0, 0.05) is 30.6 Å². The number of esters is 3. The molecule has 3 saturated heterocycles. The molecule has 0 aromatic heterocycles. The highest BCUT2D eigenvalue weighted by atomic mass is 16.6. The van der Waals surface area contributed by atoms with Crippen molar-refractivity contribution in [2.24, 2.45) is 33.5 Å². The molecule has 3 heterocycles. The van der Waals surface area contributed by atoms with Gasteiger partial charge in [0.05, 0.1) is 11.0 Å². The summed E-state index contributed by atoms with van der Waals surface area (Å²) in [7, 11) is 0. The Kier molecular flexibility index (Phi) is 6.18. The summed E-state index contributed by atoms with van der Waals surface area (Å²) in [6.07, 6.45) is 8.14. The van der Waals surface area contributed by atoms with Gasteiger partial charge in [0.2, 0.25) is 0 Å². The van der Waals surface area contributed by atoms with E-state index in [1.54, 1.807) is 6.92 Å². The number of carbonyl (C=O) groups excluding carboxylic acids is 3. The molecule has 0 unspecified atom stereocenters. The van der Waals surface area contributed by atoms with Crippen molar-refractivity contribution in [3.05, 3.63) is 11.8 Å². The van der Waals surface area contributed by atoms with Crippen LogP contribution in [-0.4, -0.2) is 51.5 Å². The number of epoxide rings is 1. The Morgan fingerprint density at radius 2 is 1.52 bits per heavy atom. The molecule has 4 aliphatic carbocycles. The molecule has 0 aromatic rings. The third kappa shape index (κ3) is 3.63. The number of rotatable bonds is 4. The van der Waals surface area contributed by atoms with Crippen molar-refractivity contribution in [2.75, 3.05) is 0 Å². The Morgan fingerprint density at radius 1 is 0.857 bits per heavy atom. The van der Waals surface area contributed by atoms with E-state index in [1.165, 1.54) is 13.8 Å². The smallest absolute Gasteiger partial charge is 0.313 e. The number of fused-ring (bicyclic) bond motifs is 5. The Bertz CT molecular complexity index is 1270. The molecule has 1 N–H and O–H groups in total. The van der Waals surface area contributed by atoms with Crippen LogP contribution in [0, 0.1) is 33.5 Å². The molecule has 7 fully saturated rings. The fourth-order valence-electron chi connectivity index (χ4n) is 10.8. The molecular formula is C34H50O8. The van der Waals surface area contributed by atoms with Crippen LogP contribution in [0.1, 0.15) is 120 Å². The maximum Gasteiger partial charge on any atom is 0.313 e. The highest BCUT2D eigenvalue weighted by molar-refractivity contribution is 5.81. The third-order valence-corrected chi connectivity index (χ3v) is 13.3. The molecule has 3 aliphatic heterocycles. The lowest BCUT2D eigenvalue weighted by atomic mass is 9.43. The van der Waals surface area contributed by atoms with Crippen molar-refractivity contribution in [2.45, 2.75) is 149 Å². The van der Waals surface area contributed by atoms with E-state index in [4.69, 9.17) is 18.9 Å². The molecule has 7 aliphatic rings. The molecule has 2 bridgehead atoms. The van der Waals surface area contributed by atoms with Crippen LogP contribution >= 0.6 is 0 Å². The first-order chi connectivity index (χ1) is 19.2. The average Bonchev–Trinajstić information content (AvgIpc) is 3.48. The van der Waals surface area contributed by atoms with Gasteiger partial charge in [-0.3, -0.25) is 14.4 Å². The van der Waals surface area contributed by atoms with Gasteiger partial charge in [-0.15, -0.1) is 0 Å². The normalized spacial score (nSPS) is 50.0. The van der Waals surface area contributed by atoms with E-state index < -0.39 is 39.7 Å². The molecule has 0 amide bonds. The largest absolute Gasteiger partial charge is 0.462 e. The lowest BCUT2D eigenvalue weighted by Gasteiger charge is -2.66. The van der Waals surface area contributed by atoms with Crippen LogP contribution in [-0.2, 0) is 33.3 Å². The number of hydrogen-bond acceptors (Lipinski definition) is 8. The van der Waals surface area contributed by atoms with Crippen LogP contribution in [0.5, 0.6) is 0 Å². The highest BCUT2D eigenvalue weighted by Crippen LogP contribution is 2.75. The van der Waals surface area contributed by atoms with Crippen LogP contribution in [0.15, 0.2) is 11.8 Å². The van der Waals surface area contributed by atoms with Gasteiger partial charge in [-0.2, -0.15) is 0 Å². The minimum atomic E-state index is -1.70. The Balaban J connectivity index is 1.50. The van der Waals surface area contributed by atoms with E-state index >= 15 is 0 Å². The minimum absolute atomic E-state index is 0.0940. The molecule has 1 spiro atoms. The van der Waals surface area contributed by atoms with E-state index in [0.29, 0.717) is 32.1 Å². The fourth-order valence-corrected chi connectivity index (χ4v) is 10.8. The van der Waals surface area contributed by atoms with Gasteiger partial charge in [-0.05, 0) is 89.0 Å².